The molecule has 0 atom stereocenters. The van der Waals surface area contributed by atoms with Gasteiger partial charge >= 0.3 is 6.36 Å². The van der Waals surface area contributed by atoms with Gasteiger partial charge in [-0.15, -0.1) is 24.5 Å². The topological polar surface area (TPSA) is 12.5 Å². The number of rotatable bonds is 4. The van der Waals surface area contributed by atoms with Gasteiger partial charge in [0.25, 0.3) is 0 Å². The highest BCUT2D eigenvalue weighted by atomic mass is 127. The first kappa shape index (κ1) is 21.8. The Morgan fingerprint density at radius 3 is 2.19 bits per heavy atom. The summed E-state index contributed by atoms with van der Waals surface area (Å²) in [6, 6.07) is 18.9. The maximum Gasteiger partial charge on any atom is 0.573 e. The van der Waals surface area contributed by atoms with Crippen LogP contribution in [0.15, 0.2) is 60.7 Å². The first-order chi connectivity index (χ1) is 15.4. The SMILES string of the molecule is FC(F)(F)Oc1ccc(N(I)c2cccc3c2sc2c(C4CCCCC4)cccc23)cc1. The number of hydrogen-bond donors (Lipinski definition) is 0. The molecule has 166 valence electrons. The van der Waals surface area contributed by atoms with Gasteiger partial charge in [-0.3, -0.25) is 3.11 Å². The molecule has 1 aliphatic rings. The highest BCUT2D eigenvalue weighted by Crippen LogP contribution is 2.46. The molecule has 1 heterocycles. The maximum absolute atomic E-state index is 12.5. The average molecular weight is 567 g/mol. The molecule has 2 nitrogen and oxygen atoms in total. The molecule has 0 spiro atoms. The lowest BCUT2D eigenvalue weighted by molar-refractivity contribution is -0.274. The van der Waals surface area contributed by atoms with Crippen LogP contribution >= 0.6 is 34.2 Å². The molecule has 0 saturated heterocycles. The lowest BCUT2D eigenvalue weighted by atomic mass is 9.84. The third-order valence-electron chi connectivity index (χ3n) is 6.09. The quantitative estimate of drug-likeness (QED) is 0.180. The lowest BCUT2D eigenvalue weighted by Crippen LogP contribution is -2.17. The molecule has 1 fully saturated rings. The summed E-state index contributed by atoms with van der Waals surface area (Å²) in [5.74, 6) is 0.407. The van der Waals surface area contributed by atoms with Crippen molar-refractivity contribution in [1.29, 1.82) is 0 Å². The maximum atomic E-state index is 12.5. The molecule has 1 saturated carbocycles. The van der Waals surface area contributed by atoms with E-state index in [0.717, 1.165) is 11.4 Å². The van der Waals surface area contributed by atoms with E-state index in [9.17, 15) is 13.2 Å². The Kier molecular flexibility index (Phi) is 5.96. The van der Waals surface area contributed by atoms with E-state index in [4.69, 9.17) is 0 Å². The number of hydrogen-bond acceptors (Lipinski definition) is 3. The summed E-state index contributed by atoms with van der Waals surface area (Å²) >= 11 is 4.04. The molecular formula is C25H21F3INOS. The van der Waals surface area contributed by atoms with Crippen molar-refractivity contribution in [3.05, 3.63) is 66.2 Å². The Morgan fingerprint density at radius 2 is 1.50 bits per heavy atom. The van der Waals surface area contributed by atoms with Crippen LogP contribution in [0, 0.1) is 0 Å². The standard InChI is InChI=1S/C25H21F3INOS/c26-25(27,28)31-18-14-12-17(13-15-18)30(29)22-11-5-10-21-20-9-4-8-19(23(20)32-24(21)22)16-6-2-1-3-7-16/h4-5,8-16H,1-3,6-7H2. The smallest absolute Gasteiger partial charge is 0.406 e. The first-order valence-corrected chi connectivity index (χ1v) is 12.4. The minimum atomic E-state index is -4.69. The van der Waals surface area contributed by atoms with Crippen LogP contribution in [-0.2, 0) is 0 Å². The summed E-state index contributed by atoms with van der Waals surface area (Å²) in [6.07, 6.45) is 1.75. The fourth-order valence-electron chi connectivity index (χ4n) is 4.63. The van der Waals surface area contributed by atoms with Gasteiger partial charge in [-0.05, 0) is 54.7 Å². The van der Waals surface area contributed by atoms with Crippen molar-refractivity contribution in [3.63, 3.8) is 0 Å². The van der Waals surface area contributed by atoms with E-state index >= 15 is 0 Å². The summed E-state index contributed by atoms with van der Waals surface area (Å²) < 4.78 is 46.0. The van der Waals surface area contributed by atoms with E-state index in [2.05, 4.69) is 57.9 Å². The van der Waals surface area contributed by atoms with Crippen LogP contribution in [-0.4, -0.2) is 6.36 Å². The zero-order valence-electron chi connectivity index (χ0n) is 17.2. The molecule has 0 aliphatic heterocycles. The minimum Gasteiger partial charge on any atom is -0.406 e. The predicted octanol–water partition coefficient (Wildman–Crippen LogP) is 9.49. The van der Waals surface area contributed by atoms with E-state index in [1.54, 1.807) is 12.1 Å². The van der Waals surface area contributed by atoms with E-state index in [1.807, 2.05) is 20.5 Å². The Balaban J connectivity index is 1.54. The number of nitrogens with zero attached hydrogens (tertiary/aromatic N) is 1. The number of benzene rings is 3. The molecule has 1 aromatic heterocycles. The molecule has 5 rings (SSSR count). The molecular weight excluding hydrogens is 546 g/mol. The van der Waals surface area contributed by atoms with Gasteiger partial charge in [-0.2, -0.15) is 0 Å². The Bertz CT molecular complexity index is 1250. The normalized spacial score (nSPS) is 15.4. The van der Waals surface area contributed by atoms with Crippen molar-refractivity contribution < 1.29 is 17.9 Å². The van der Waals surface area contributed by atoms with Gasteiger partial charge in [0.2, 0.25) is 0 Å². The molecule has 0 N–H and O–H groups in total. The molecule has 1 aliphatic carbocycles. The molecule has 32 heavy (non-hydrogen) atoms. The molecule has 0 unspecified atom stereocenters. The van der Waals surface area contributed by atoms with Crippen LogP contribution in [0.2, 0.25) is 0 Å². The van der Waals surface area contributed by atoms with Crippen molar-refractivity contribution >= 4 is 65.7 Å². The van der Waals surface area contributed by atoms with Gasteiger partial charge in [-0.25, -0.2) is 0 Å². The van der Waals surface area contributed by atoms with Crippen LogP contribution in [0.1, 0.15) is 43.6 Å². The second-order valence-electron chi connectivity index (χ2n) is 8.14. The number of thiophene rings is 1. The summed E-state index contributed by atoms with van der Waals surface area (Å²) in [7, 11) is 0. The van der Waals surface area contributed by atoms with Gasteiger partial charge in [0, 0.05) is 15.5 Å². The summed E-state index contributed by atoms with van der Waals surface area (Å²) in [5, 5.41) is 2.51. The van der Waals surface area contributed by atoms with Gasteiger partial charge in [0.05, 0.1) is 38.9 Å². The number of halogens is 4. The van der Waals surface area contributed by atoms with Crippen molar-refractivity contribution in [2.75, 3.05) is 3.11 Å². The average Bonchev–Trinajstić information content (AvgIpc) is 3.18. The van der Waals surface area contributed by atoms with Crippen molar-refractivity contribution in [2.45, 2.75) is 44.4 Å². The lowest BCUT2D eigenvalue weighted by Gasteiger charge is -2.22. The van der Waals surface area contributed by atoms with Crippen molar-refractivity contribution in [3.8, 4) is 5.75 Å². The third kappa shape index (κ3) is 4.29. The van der Waals surface area contributed by atoms with Crippen LogP contribution in [0.3, 0.4) is 0 Å². The Labute approximate surface area is 202 Å². The number of alkyl halides is 3. The Hall–Kier alpha value is -2.00. The third-order valence-corrected chi connectivity index (χ3v) is 8.46. The largest absolute Gasteiger partial charge is 0.573 e. The molecule has 3 aromatic carbocycles. The number of ether oxygens (including phenoxy) is 1. The van der Waals surface area contributed by atoms with E-state index in [1.165, 1.54) is 70.0 Å². The summed E-state index contributed by atoms with van der Waals surface area (Å²) in [5.41, 5.74) is 3.28. The van der Waals surface area contributed by atoms with Gasteiger partial charge in [0.1, 0.15) is 5.75 Å². The van der Waals surface area contributed by atoms with Gasteiger partial charge in [0.15, 0.2) is 0 Å². The Morgan fingerprint density at radius 1 is 0.844 bits per heavy atom. The van der Waals surface area contributed by atoms with E-state index in [-0.39, 0.29) is 5.75 Å². The molecule has 0 bridgehead atoms. The van der Waals surface area contributed by atoms with Crippen LogP contribution < -0.4 is 7.85 Å². The second kappa shape index (κ2) is 8.74. The summed E-state index contributed by atoms with van der Waals surface area (Å²) in [4.78, 5) is 0. The second-order valence-corrected chi connectivity index (χ2v) is 10.1. The fourth-order valence-corrected chi connectivity index (χ4v) is 6.92. The summed E-state index contributed by atoms with van der Waals surface area (Å²) in [6.45, 7) is 0. The fraction of sp³-hybridized carbons (Fsp3) is 0.280. The number of fused-ring (bicyclic) bond motifs is 3. The molecule has 0 amide bonds. The predicted molar refractivity (Wildman–Crippen MR) is 134 cm³/mol. The van der Waals surface area contributed by atoms with Crippen LogP contribution in [0.25, 0.3) is 20.2 Å². The monoisotopic (exact) mass is 567 g/mol. The van der Waals surface area contributed by atoms with Gasteiger partial charge < -0.3 is 4.74 Å². The van der Waals surface area contributed by atoms with Crippen molar-refractivity contribution in [1.82, 2.24) is 0 Å². The van der Waals surface area contributed by atoms with Gasteiger partial charge in [-0.1, -0.05) is 49.6 Å². The van der Waals surface area contributed by atoms with E-state index in [0.29, 0.717) is 5.92 Å². The minimum absolute atomic E-state index is 0.219. The molecule has 7 heteroatoms. The van der Waals surface area contributed by atoms with Crippen LogP contribution in [0.5, 0.6) is 5.75 Å². The van der Waals surface area contributed by atoms with E-state index < -0.39 is 6.36 Å². The highest BCUT2D eigenvalue weighted by Gasteiger charge is 2.31. The molecule has 4 aromatic rings. The van der Waals surface area contributed by atoms with Crippen LogP contribution in [0.4, 0.5) is 24.5 Å². The zero-order chi connectivity index (χ0) is 22.3. The highest BCUT2D eigenvalue weighted by molar-refractivity contribution is 14.1. The molecule has 0 radical (unpaired) electrons. The number of anilines is 2. The first-order valence-electron chi connectivity index (χ1n) is 10.7. The van der Waals surface area contributed by atoms with Crippen molar-refractivity contribution in [2.24, 2.45) is 0 Å². The zero-order valence-corrected chi connectivity index (χ0v) is 20.1.